The average Bonchev–Trinajstić information content (AvgIpc) is 3.16. The molecule has 0 bridgehead atoms. The van der Waals surface area contributed by atoms with Crippen molar-refractivity contribution in [2.75, 3.05) is 7.11 Å². The quantitative estimate of drug-likeness (QED) is 0.438. The van der Waals surface area contributed by atoms with Crippen molar-refractivity contribution in [2.45, 2.75) is 17.7 Å². The largest absolute Gasteiger partial charge is 0.497 e. The summed E-state index contributed by atoms with van der Waals surface area (Å²) in [6.07, 6.45) is 1.47. The number of benzene rings is 3. The molecule has 8 heteroatoms. The minimum absolute atomic E-state index is 0.00393. The maximum absolute atomic E-state index is 14.2. The van der Waals surface area contributed by atoms with Crippen LogP contribution < -0.4 is 4.74 Å². The number of hydrogen-bond acceptors (Lipinski definition) is 4. The van der Waals surface area contributed by atoms with E-state index in [-0.39, 0.29) is 17.7 Å². The maximum atomic E-state index is 14.2. The Balaban J connectivity index is 1.86. The Morgan fingerprint density at radius 3 is 2.56 bits per heavy atom. The Hall–Kier alpha value is -3.65. The van der Waals surface area contributed by atoms with Crippen molar-refractivity contribution in [1.29, 1.82) is 0 Å². The number of carboxylic acids is 1. The molecule has 0 saturated heterocycles. The van der Waals surface area contributed by atoms with E-state index in [1.54, 1.807) is 48.5 Å². The van der Waals surface area contributed by atoms with Crippen LogP contribution in [0.1, 0.15) is 12.0 Å². The van der Waals surface area contributed by atoms with E-state index in [2.05, 4.69) is 0 Å². The van der Waals surface area contributed by atoms with Crippen LogP contribution in [0.2, 0.25) is 0 Å². The molecule has 0 aliphatic rings. The van der Waals surface area contributed by atoms with Gasteiger partial charge in [0.25, 0.3) is 10.0 Å². The molecule has 0 saturated carbocycles. The summed E-state index contributed by atoms with van der Waals surface area (Å²) in [5.74, 6) is -0.892. The van der Waals surface area contributed by atoms with Gasteiger partial charge in [-0.1, -0.05) is 30.3 Å². The highest BCUT2D eigenvalue weighted by molar-refractivity contribution is 7.90. The van der Waals surface area contributed by atoms with Crippen LogP contribution >= 0.6 is 0 Å². The second-order valence-electron chi connectivity index (χ2n) is 7.24. The van der Waals surface area contributed by atoms with Crippen LogP contribution in [0.4, 0.5) is 4.39 Å². The van der Waals surface area contributed by atoms with Gasteiger partial charge in [0.2, 0.25) is 0 Å². The molecule has 32 heavy (non-hydrogen) atoms. The number of ether oxygens (including phenoxy) is 1. The van der Waals surface area contributed by atoms with Crippen LogP contribution in [0.5, 0.6) is 5.75 Å². The van der Waals surface area contributed by atoms with E-state index in [1.165, 1.54) is 31.5 Å². The highest BCUT2D eigenvalue weighted by Crippen LogP contribution is 2.31. The van der Waals surface area contributed by atoms with Gasteiger partial charge < -0.3 is 9.84 Å². The minimum Gasteiger partial charge on any atom is -0.497 e. The maximum Gasteiger partial charge on any atom is 0.303 e. The van der Waals surface area contributed by atoms with E-state index in [9.17, 15) is 17.6 Å². The number of hydrogen-bond donors (Lipinski definition) is 1. The van der Waals surface area contributed by atoms with Crippen LogP contribution in [0.15, 0.2) is 77.8 Å². The SMILES string of the molecule is COc1ccc2c(c1)c(CCC(=O)O)cn2S(=O)(=O)c1cccc(-c2ccccc2F)c1. The molecule has 0 aliphatic heterocycles. The lowest BCUT2D eigenvalue weighted by atomic mass is 10.1. The molecule has 6 nitrogen and oxygen atoms in total. The molecule has 4 aromatic rings. The molecule has 164 valence electrons. The highest BCUT2D eigenvalue weighted by Gasteiger charge is 2.23. The van der Waals surface area contributed by atoms with Crippen molar-refractivity contribution in [1.82, 2.24) is 3.97 Å². The first-order chi connectivity index (χ1) is 15.3. The Bertz CT molecular complexity index is 1430. The lowest BCUT2D eigenvalue weighted by molar-refractivity contribution is -0.136. The van der Waals surface area contributed by atoms with E-state index in [4.69, 9.17) is 9.84 Å². The topological polar surface area (TPSA) is 85.6 Å². The van der Waals surface area contributed by atoms with Crippen molar-refractivity contribution in [2.24, 2.45) is 0 Å². The number of aryl methyl sites for hydroxylation is 1. The third-order valence-electron chi connectivity index (χ3n) is 5.24. The smallest absolute Gasteiger partial charge is 0.303 e. The van der Waals surface area contributed by atoms with Gasteiger partial charge in [0.15, 0.2) is 0 Å². The molecule has 4 rings (SSSR count). The van der Waals surface area contributed by atoms with Gasteiger partial charge in [-0.3, -0.25) is 4.79 Å². The Morgan fingerprint density at radius 1 is 1.06 bits per heavy atom. The van der Waals surface area contributed by atoms with Gasteiger partial charge in [-0.15, -0.1) is 0 Å². The number of rotatable bonds is 7. The molecule has 1 N–H and O–H groups in total. The summed E-state index contributed by atoms with van der Waals surface area (Å²) in [7, 11) is -2.54. The Morgan fingerprint density at radius 2 is 1.84 bits per heavy atom. The normalized spacial score (nSPS) is 11.6. The second kappa shape index (κ2) is 8.47. The van der Waals surface area contributed by atoms with E-state index in [0.717, 1.165) is 3.97 Å². The van der Waals surface area contributed by atoms with Crippen LogP contribution in [-0.4, -0.2) is 30.6 Å². The predicted octanol–water partition coefficient (Wildman–Crippen LogP) is 4.71. The summed E-state index contributed by atoms with van der Waals surface area (Å²) in [6.45, 7) is 0. The Labute approximate surface area is 184 Å². The molecule has 0 unspecified atom stereocenters. The number of carbonyl (C=O) groups is 1. The van der Waals surface area contributed by atoms with E-state index in [0.29, 0.717) is 33.3 Å². The molecule has 1 aromatic heterocycles. The van der Waals surface area contributed by atoms with Gasteiger partial charge in [-0.05, 0) is 53.9 Å². The van der Waals surface area contributed by atoms with Gasteiger partial charge >= 0.3 is 5.97 Å². The van der Waals surface area contributed by atoms with Gasteiger partial charge in [0.1, 0.15) is 11.6 Å². The zero-order valence-electron chi connectivity index (χ0n) is 17.2. The number of aromatic nitrogens is 1. The summed E-state index contributed by atoms with van der Waals surface area (Å²) in [5, 5.41) is 9.67. The molecule has 1 heterocycles. The van der Waals surface area contributed by atoms with Crippen LogP contribution in [0.3, 0.4) is 0 Å². The lowest BCUT2D eigenvalue weighted by Crippen LogP contribution is -2.12. The molecular formula is C24H20FNO5S. The monoisotopic (exact) mass is 453 g/mol. The summed E-state index contributed by atoms with van der Waals surface area (Å²) < 4.78 is 47.7. The fraction of sp³-hybridized carbons (Fsp3) is 0.125. The first-order valence-corrected chi connectivity index (χ1v) is 11.3. The Kier molecular flexibility index (Phi) is 5.71. The summed E-state index contributed by atoms with van der Waals surface area (Å²) >= 11 is 0. The summed E-state index contributed by atoms with van der Waals surface area (Å²) in [6, 6.07) is 17.2. The third-order valence-corrected chi connectivity index (χ3v) is 6.91. The number of aliphatic carboxylic acids is 1. The zero-order valence-corrected chi connectivity index (χ0v) is 18.0. The molecule has 0 atom stereocenters. The van der Waals surface area contributed by atoms with Crippen LogP contribution in [0.25, 0.3) is 22.0 Å². The number of carboxylic acid groups (broad SMARTS) is 1. The van der Waals surface area contributed by atoms with Gasteiger partial charge in [0.05, 0.1) is 17.5 Å². The number of nitrogens with zero attached hydrogens (tertiary/aromatic N) is 1. The van der Waals surface area contributed by atoms with Crippen molar-refractivity contribution >= 4 is 26.9 Å². The average molecular weight is 453 g/mol. The molecule has 0 amide bonds. The zero-order chi connectivity index (χ0) is 22.9. The first-order valence-electron chi connectivity index (χ1n) is 9.81. The van der Waals surface area contributed by atoms with Crippen LogP contribution in [-0.2, 0) is 21.2 Å². The number of halogens is 1. The fourth-order valence-corrected chi connectivity index (χ4v) is 5.08. The van der Waals surface area contributed by atoms with Crippen molar-refractivity contribution < 1.29 is 27.4 Å². The van der Waals surface area contributed by atoms with E-state index < -0.39 is 21.8 Å². The van der Waals surface area contributed by atoms with Crippen molar-refractivity contribution in [3.8, 4) is 16.9 Å². The molecular weight excluding hydrogens is 433 g/mol. The van der Waals surface area contributed by atoms with Gasteiger partial charge in [-0.25, -0.2) is 16.8 Å². The minimum atomic E-state index is -4.04. The summed E-state index contributed by atoms with van der Waals surface area (Å²) in [5.41, 5.74) is 1.72. The fourth-order valence-electron chi connectivity index (χ4n) is 3.64. The lowest BCUT2D eigenvalue weighted by Gasteiger charge is -2.10. The van der Waals surface area contributed by atoms with E-state index >= 15 is 0 Å². The van der Waals surface area contributed by atoms with E-state index in [1.807, 2.05) is 0 Å². The second-order valence-corrected chi connectivity index (χ2v) is 9.05. The molecule has 3 aromatic carbocycles. The molecule has 0 radical (unpaired) electrons. The van der Waals surface area contributed by atoms with Gasteiger partial charge in [0, 0.05) is 23.6 Å². The summed E-state index contributed by atoms with van der Waals surface area (Å²) in [4.78, 5) is 11.1. The predicted molar refractivity (Wildman–Crippen MR) is 119 cm³/mol. The number of methoxy groups -OCH3 is 1. The van der Waals surface area contributed by atoms with Crippen LogP contribution in [0, 0.1) is 5.82 Å². The molecule has 0 aliphatic carbocycles. The van der Waals surface area contributed by atoms with Gasteiger partial charge in [-0.2, -0.15) is 0 Å². The third kappa shape index (κ3) is 3.97. The molecule has 0 fully saturated rings. The molecule has 0 spiro atoms. The highest BCUT2D eigenvalue weighted by atomic mass is 32.2. The van der Waals surface area contributed by atoms with Crippen molar-refractivity contribution in [3.63, 3.8) is 0 Å². The number of fused-ring (bicyclic) bond motifs is 1. The van der Waals surface area contributed by atoms with Crippen molar-refractivity contribution in [3.05, 3.63) is 84.3 Å². The first kappa shape index (κ1) is 21.6. The standard InChI is InChI=1S/C24H20FNO5S/c1-31-18-10-11-23-21(14-18)17(9-12-24(27)28)15-26(23)32(29,30)19-6-4-5-16(13-19)20-7-2-3-8-22(20)25/h2-8,10-11,13-15H,9,12H2,1H3,(H,27,28).